The largest absolute Gasteiger partial charge is 0.493 e. The van der Waals surface area contributed by atoms with Crippen LogP contribution in [0.25, 0.3) is 32.5 Å². The normalized spacial score (nSPS) is 11.0. The van der Waals surface area contributed by atoms with Crippen LogP contribution in [-0.4, -0.2) is 29.3 Å². The maximum Gasteiger partial charge on any atom is 0.287 e. The minimum atomic E-state index is 0.406. The zero-order chi connectivity index (χ0) is 17.4. The van der Waals surface area contributed by atoms with Gasteiger partial charge in [0.15, 0.2) is 16.5 Å². The molecule has 7 heteroatoms. The molecule has 4 rings (SSSR count). The van der Waals surface area contributed by atoms with Gasteiger partial charge in [-0.3, -0.25) is 0 Å². The molecule has 0 aliphatic heterocycles. The predicted octanol–water partition coefficient (Wildman–Crippen LogP) is 4.34. The Balaban J connectivity index is 1.71. The molecule has 0 atom stereocenters. The number of aromatic nitrogens is 3. The van der Waals surface area contributed by atoms with E-state index < -0.39 is 0 Å². The maximum atomic E-state index is 5.41. The van der Waals surface area contributed by atoms with Crippen molar-refractivity contribution in [3.05, 3.63) is 42.0 Å². The van der Waals surface area contributed by atoms with Crippen LogP contribution < -0.4 is 9.47 Å². The van der Waals surface area contributed by atoms with Crippen LogP contribution in [0.4, 0.5) is 0 Å². The molecule has 4 aromatic rings. The van der Waals surface area contributed by atoms with Gasteiger partial charge in [-0.15, -0.1) is 11.3 Å². The van der Waals surface area contributed by atoms with Gasteiger partial charge >= 0.3 is 0 Å². The molecule has 0 bridgehead atoms. The monoisotopic (exact) mass is 353 g/mol. The molecule has 2 aromatic heterocycles. The van der Waals surface area contributed by atoms with Crippen LogP contribution in [0.2, 0.25) is 0 Å². The van der Waals surface area contributed by atoms with E-state index in [-0.39, 0.29) is 0 Å². The molecule has 126 valence electrons. The second-order valence-electron chi connectivity index (χ2n) is 5.48. The molecule has 0 saturated heterocycles. The lowest BCUT2D eigenvalue weighted by atomic mass is 10.2. The lowest BCUT2D eigenvalue weighted by molar-refractivity contribution is 0.355. The van der Waals surface area contributed by atoms with Gasteiger partial charge < -0.3 is 14.0 Å². The fourth-order valence-corrected chi connectivity index (χ4v) is 3.51. The molecule has 0 aliphatic carbocycles. The molecule has 0 N–H and O–H groups in total. The van der Waals surface area contributed by atoms with Gasteiger partial charge in [-0.25, -0.2) is 4.98 Å². The predicted molar refractivity (Wildman–Crippen MR) is 96.2 cm³/mol. The van der Waals surface area contributed by atoms with Crippen molar-refractivity contribution in [2.75, 3.05) is 14.2 Å². The number of rotatable bonds is 4. The Kier molecular flexibility index (Phi) is 3.85. The van der Waals surface area contributed by atoms with Gasteiger partial charge in [0.25, 0.3) is 5.89 Å². The van der Waals surface area contributed by atoms with Crippen LogP contribution in [0, 0.1) is 6.92 Å². The first-order valence-electron chi connectivity index (χ1n) is 7.61. The van der Waals surface area contributed by atoms with E-state index in [4.69, 9.17) is 14.0 Å². The number of methoxy groups -OCH3 is 2. The summed E-state index contributed by atoms with van der Waals surface area (Å²) >= 11 is 1.53. The Morgan fingerprint density at radius 2 is 1.80 bits per heavy atom. The first-order valence-corrected chi connectivity index (χ1v) is 8.43. The van der Waals surface area contributed by atoms with Crippen molar-refractivity contribution in [2.24, 2.45) is 0 Å². The molecular weight excluding hydrogens is 338 g/mol. The van der Waals surface area contributed by atoms with Gasteiger partial charge in [-0.1, -0.05) is 11.2 Å². The van der Waals surface area contributed by atoms with Crippen molar-refractivity contribution in [3.8, 4) is 33.8 Å². The lowest BCUT2D eigenvalue weighted by Gasteiger charge is -2.07. The van der Waals surface area contributed by atoms with Crippen molar-refractivity contribution in [1.82, 2.24) is 15.1 Å². The van der Waals surface area contributed by atoms with E-state index in [1.165, 1.54) is 16.9 Å². The third kappa shape index (κ3) is 2.83. The van der Waals surface area contributed by atoms with Crippen LogP contribution in [-0.2, 0) is 0 Å². The van der Waals surface area contributed by atoms with Crippen molar-refractivity contribution < 1.29 is 14.0 Å². The van der Waals surface area contributed by atoms with E-state index in [9.17, 15) is 0 Å². The highest BCUT2D eigenvalue weighted by Crippen LogP contribution is 2.33. The summed E-state index contributed by atoms with van der Waals surface area (Å²) < 4.78 is 17.1. The number of fused-ring (bicyclic) bond motifs is 1. The molecular formula is C18H15N3O3S. The molecule has 0 amide bonds. The SMILES string of the molecule is COc1ccc(-c2noc(-c3nc4ccc(C)cc4s3)n2)cc1OC. The van der Waals surface area contributed by atoms with E-state index in [1.807, 2.05) is 30.3 Å². The number of benzene rings is 2. The molecule has 0 spiro atoms. The Bertz CT molecular complexity index is 1050. The molecule has 2 heterocycles. The minimum absolute atomic E-state index is 0.406. The summed E-state index contributed by atoms with van der Waals surface area (Å²) in [6.45, 7) is 2.06. The van der Waals surface area contributed by atoms with Gasteiger partial charge in [-0.2, -0.15) is 4.98 Å². The van der Waals surface area contributed by atoms with E-state index in [2.05, 4.69) is 28.1 Å². The second kappa shape index (κ2) is 6.18. The Hall–Kier alpha value is -2.93. The third-order valence-electron chi connectivity index (χ3n) is 3.79. The number of ether oxygens (including phenoxy) is 2. The van der Waals surface area contributed by atoms with E-state index in [1.54, 1.807) is 14.2 Å². The number of hydrogen-bond acceptors (Lipinski definition) is 7. The third-order valence-corrected chi connectivity index (χ3v) is 4.80. The van der Waals surface area contributed by atoms with Crippen LogP contribution in [0.15, 0.2) is 40.9 Å². The molecule has 0 unspecified atom stereocenters. The van der Waals surface area contributed by atoms with E-state index in [0.717, 1.165) is 15.8 Å². The zero-order valence-electron chi connectivity index (χ0n) is 13.9. The van der Waals surface area contributed by atoms with Crippen molar-refractivity contribution in [2.45, 2.75) is 6.92 Å². The van der Waals surface area contributed by atoms with Gasteiger partial charge in [0.1, 0.15) is 0 Å². The fourth-order valence-electron chi connectivity index (χ4n) is 2.53. The molecule has 0 aliphatic rings. The summed E-state index contributed by atoms with van der Waals surface area (Å²) in [5.74, 6) is 2.15. The Morgan fingerprint density at radius 3 is 2.60 bits per heavy atom. The summed E-state index contributed by atoms with van der Waals surface area (Å²) in [6, 6.07) is 11.6. The summed E-state index contributed by atoms with van der Waals surface area (Å²) in [7, 11) is 3.19. The van der Waals surface area contributed by atoms with Gasteiger partial charge in [0.2, 0.25) is 5.82 Å². The van der Waals surface area contributed by atoms with Crippen molar-refractivity contribution in [3.63, 3.8) is 0 Å². The minimum Gasteiger partial charge on any atom is -0.493 e. The molecule has 25 heavy (non-hydrogen) atoms. The topological polar surface area (TPSA) is 70.3 Å². The first kappa shape index (κ1) is 15.6. The maximum absolute atomic E-state index is 5.41. The summed E-state index contributed by atoms with van der Waals surface area (Å²) in [4.78, 5) is 9.04. The number of aryl methyl sites for hydroxylation is 1. The number of nitrogens with zero attached hydrogens (tertiary/aromatic N) is 3. The average molecular weight is 353 g/mol. The van der Waals surface area contributed by atoms with Gasteiger partial charge in [-0.05, 0) is 42.8 Å². The molecule has 0 fully saturated rings. The first-order chi connectivity index (χ1) is 12.2. The fraction of sp³-hybridized carbons (Fsp3) is 0.167. The van der Waals surface area contributed by atoms with E-state index >= 15 is 0 Å². The highest BCUT2D eigenvalue weighted by molar-refractivity contribution is 7.21. The summed E-state index contributed by atoms with van der Waals surface area (Å²) in [5, 5.41) is 4.77. The number of hydrogen-bond donors (Lipinski definition) is 0. The highest BCUT2D eigenvalue weighted by Gasteiger charge is 2.16. The van der Waals surface area contributed by atoms with Crippen LogP contribution in [0.5, 0.6) is 11.5 Å². The lowest BCUT2D eigenvalue weighted by Crippen LogP contribution is -1.91. The van der Waals surface area contributed by atoms with Crippen LogP contribution in [0.3, 0.4) is 0 Å². The Labute approximate surface area is 148 Å². The summed E-state index contributed by atoms with van der Waals surface area (Å²) in [6.07, 6.45) is 0. The van der Waals surface area contributed by atoms with Crippen molar-refractivity contribution >= 4 is 21.6 Å². The smallest absolute Gasteiger partial charge is 0.287 e. The van der Waals surface area contributed by atoms with Crippen LogP contribution >= 0.6 is 11.3 Å². The molecule has 0 radical (unpaired) electrons. The van der Waals surface area contributed by atoms with Gasteiger partial charge in [0, 0.05) is 5.56 Å². The Morgan fingerprint density at radius 1 is 0.960 bits per heavy atom. The molecule has 2 aromatic carbocycles. The quantitative estimate of drug-likeness (QED) is 0.543. The van der Waals surface area contributed by atoms with E-state index in [0.29, 0.717) is 28.2 Å². The summed E-state index contributed by atoms with van der Waals surface area (Å²) in [5.41, 5.74) is 2.90. The highest BCUT2D eigenvalue weighted by atomic mass is 32.1. The zero-order valence-corrected chi connectivity index (χ0v) is 14.8. The standard InChI is InChI=1S/C18H15N3O3S/c1-10-4-6-12-15(8-10)25-18(19-12)17-20-16(21-24-17)11-5-7-13(22-2)14(9-11)23-3/h4-9H,1-3H3. The van der Waals surface area contributed by atoms with Gasteiger partial charge in [0.05, 0.1) is 24.4 Å². The average Bonchev–Trinajstić information content (AvgIpc) is 3.27. The second-order valence-corrected chi connectivity index (χ2v) is 6.51. The number of thiazole rings is 1. The molecule has 6 nitrogen and oxygen atoms in total. The van der Waals surface area contributed by atoms with Crippen LogP contribution in [0.1, 0.15) is 5.56 Å². The molecule has 0 saturated carbocycles. The van der Waals surface area contributed by atoms with Crippen molar-refractivity contribution in [1.29, 1.82) is 0 Å².